The molecular formula is C15H23N3O. The topological polar surface area (TPSA) is 51.3 Å². The molecule has 2 atom stereocenters. The van der Waals surface area contributed by atoms with Gasteiger partial charge in [0.15, 0.2) is 0 Å². The second kappa shape index (κ2) is 4.58. The molecule has 2 aliphatic rings. The van der Waals surface area contributed by atoms with E-state index in [0.29, 0.717) is 23.7 Å². The fraction of sp³-hybridized carbons (Fsp3) is 0.667. The maximum Gasteiger partial charge on any atom is 0.270 e. The van der Waals surface area contributed by atoms with Crippen LogP contribution < -0.4 is 5.73 Å². The molecule has 1 saturated heterocycles. The Morgan fingerprint density at radius 2 is 2.00 bits per heavy atom. The van der Waals surface area contributed by atoms with E-state index in [4.69, 9.17) is 5.73 Å². The number of hydrogen-bond donors (Lipinski definition) is 1. The minimum absolute atomic E-state index is 0.155. The number of piperidine rings is 1. The van der Waals surface area contributed by atoms with E-state index >= 15 is 0 Å². The third-order valence-corrected chi connectivity index (χ3v) is 4.41. The summed E-state index contributed by atoms with van der Waals surface area (Å²) in [6.07, 6.45) is 6.58. The van der Waals surface area contributed by atoms with Crippen LogP contribution in [0.25, 0.3) is 0 Å². The van der Waals surface area contributed by atoms with Gasteiger partial charge in [0.25, 0.3) is 5.91 Å². The van der Waals surface area contributed by atoms with E-state index in [-0.39, 0.29) is 5.91 Å². The van der Waals surface area contributed by atoms with Gasteiger partial charge in [0.2, 0.25) is 0 Å². The molecule has 1 aromatic rings. The molecule has 1 aromatic heterocycles. The first-order valence-corrected chi connectivity index (χ1v) is 7.34. The summed E-state index contributed by atoms with van der Waals surface area (Å²) in [5.74, 6) is 0.754. The Hall–Kier alpha value is -1.45. The molecule has 1 amide bonds. The van der Waals surface area contributed by atoms with Gasteiger partial charge in [-0.3, -0.25) is 4.79 Å². The summed E-state index contributed by atoms with van der Waals surface area (Å²) in [5, 5.41) is 0. The number of aromatic nitrogens is 1. The molecule has 4 heteroatoms. The minimum Gasteiger partial charge on any atom is -0.397 e. The summed E-state index contributed by atoms with van der Waals surface area (Å²) in [5.41, 5.74) is 7.36. The predicted octanol–water partition coefficient (Wildman–Crippen LogP) is 2.67. The number of carbonyl (C=O) groups is 1. The first-order valence-electron chi connectivity index (χ1n) is 7.34. The Bertz CT molecular complexity index is 490. The quantitative estimate of drug-likeness (QED) is 0.889. The molecule has 104 valence electrons. The number of anilines is 1. The number of nitrogens with two attached hydrogens (primary N) is 1. The van der Waals surface area contributed by atoms with Crippen LogP contribution in [0.15, 0.2) is 12.3 Å². The van der Waals surface area contributed by atoms with Crippen molar-refractivity contribution in [2.24, 2.45) is 5.92 Å². The third-order valence-electron chi connectivity index (χ3n) is 4.41. The molecule has 0 spiro atoms. The molecule has 3 rings (SSSR count). The van der Waals surface area contributed by atoms with Gasteiger partial charge in [0, 0.05) is 24.8 Å². The minimum atomic E-state index is 0.155. The van der Waals surface area contributed by atoms with E-state index in [1.165, 1.54) is 19.3 Å². The highest BCUT2D eigenvalue weighted by atomic mass is 16.2. The molecule has 0 bridgehead atoms. The van der Waals surface area contributed by atoms with Crippen molar-refractivity contribution in [3.05, 3.63) is 18.0 Å². The van der Waals surface area contributed by atoms with Gasteiger partial charge in [-0.1, -0.05) is 6.92 Å². The fourth-order valence-electron chi connectivity index (χ4n) is 3.05. The molecule has 1 aliphatic carbocycles. The van der Waals surface area contributed by atoms with Crippen LogP contribution in [0.3, 0.4) is 0 Å². The van der Waals surface area contributed by atoms with Crippen LogP contribution in [0, 0.1) is 5.92 Å². The van der Waals surface area contributed by atoms with Crippen LogP contribution in [0.2, 0.25) is 0 Å². The number of amides is 1. The standard InChI is InChI=1S/C15H23N3O/c1-10-3-4-11(2)17(8-10)15(19)14-7-12(16)9-18(14)13-5-6-13/h7,9-11,13H,3-6,8,16H2,1-2H3. The monoisotopic (exact) mass is 261 g/mol. The molecule has 1 aliphatic heterocycles. The van der Waals surface area contributed by atoms with E-state index < -0.39 is 0 Å². The summed E-state index contributed by atoms with van der Waals surface area (Å²) in [6.45, 7) is 5.24. The molecule has 4 nitrogen and oxygen atoms in total. The number of carbonyl (C=O) groups excluding carboxylic acids is 1. The second-order valence-corrected chi connectivity index (χ2v) is 6.29. The smallest absolute Gasteiger partial charge is 0.270 e. The Labute approximate surface area is 114 Å². The van der Waals surface area contributed by atoms with Crippen molar-refractivity contribution in [1.29, 1.82) is 0 Å². The fourth-order valence-corrected chi connectivity index (χ4v) is 3.05. The van der Waals surface area contributed by atoms with Gasteiger partial charge < -0.3 is 15.2 Å². The van der Waals surface area contributed by atoms with Gasteiger partial charge in [-0.2, -0.15) is 0 Å². The predicted molar refractivity (Wildman–Crippen MR) is 76.0 cm³/mol. The summed E-state index contributed by atoms with van der Waals surface area (Å²) < 4.78 is 2.09. The highest BCUT2D eigenvalue weighted by Gasteiger charge is 2.32. The average Bonchev–Trinajstić information content (AvgIpc) is 3.15. The van der Waals surface area contributed by atoms with Crippen molar-refractivity contribution < 1.29 is 4.79 Å². The zero-order chi connectivity index (χ0) is 13.6. The summed E-state index contributed by atoms with van der Waals surface area (Å²) in [4.78, 5) is 14.8. The second-order valence-electron chi connectivity index (χ2n) is 6.29. The van der Waals surface area contributed by atoms with E-state index in [1.807, 2.05) is 17.2 Å². The van der Waals surface area contributed by atoms with Crippen LogP contribution >= 0.6 is 0 Å². The lowest BCUT2D eigenvalue weighted by atomic mass is 9.95. The van der Waals surface area contributed by atoms with Crippen LogP contribution in [0.5, 0.6) is 0 Å². The van der Waals surface area contributed by atoms with Crippen LogP contribution in [0.4, 0.5) is 5.69 Å². The van der Waals surface area contributed by atoms with E-state index in [9.17, 15) is 4.79 Å². The first kappa shape index (κ1) is 12.6. The van der Waals surface area contributed by atoms with Gasteiger partial charge in [-0.25, -0.2) is 0 Å². The van der Waals surface area contributed by atoms with Gasteiger partial charge in [0.05, 0.1) is 5.69 Å². The number of rotatable bonds is 2. The van der Waals surface area contributed by atoms with Gasteiger partial charge in [0.1, 0.15) is 5.69 Å². The van der Waals surface area contributed by atoms with Gasteiger partial charge >= 0.3 is 0 Å². The average molecular weight is 261 g/mol. The van der Waals surface area contributed by atoms with Crippen molar-refractivity contribution >= 4 is 11.6 Å². The number of nitrogen functional groups attached to an aromatic ring is 1. The molecule has 2 heterocycles. The highest BCUT2D eigenvalue weighted by Crippen LogP contribution is 2.37. The molecule has 1 saturated carbocycles. The van der Waals surface area contributed by atoms with E-state index in [1.54, 1.807) is 0 Å². The van der Waals surface area contributed by atoms with Crippen LogP contribution in [-0.4, -0.2) is 28.0 Å². The maximum atomic E-state index is 12.8. The number of likely N-dealkylation sites (tertiary alicyclic amines) is 1. The van der Waals surface area contributed by atoms with Crippen molar-refractivity contribution in [3.8, 4) is 0 Å². The molecule has 2 unspecified atom stereocenters. The van der Waals surface area contributed by atoms with Crippen LogP contribution in [0.1, 0.15) is 56.1 Å². The van der Waals surface area contributed by atoms with Crippen LogP contribution in [-0.2, 0) is 0 Å². The SMILES string of the molecule is CC1CCC(C)N(C(=O)c2cc(N)cn2C2CC2)C1. The van der Waals surface area contributed by atoms with Crippen molar-refractivity contribution in [1.82, 2.24) is 9.47 Å². The molecule has 0 radical (unpaired) electrons. The molecular weight excluding hydrogens is 238 g/mol. The zero-order valence-electron chi connectivity index (χ0n) is 11.8. The first-order chi connectivity index (χ1) is 9.06. The normalized spacial score (nSPS) is 27.6. The highest BCUT2D eigenvalue weighted by molar-refractivity contribution is 5.94. The zero-order valence-corrected chi connectivity index (χ0v) is 11.8. The number of hydrogen-bond acceptors (Lipinski definition) is 2. The third kappa shape index (κ3) is 2.36. The maximum absolute atomic E-state index is 12.8. The van der Waals surface area contributed by atoms with E-state index in [0.717, 1.165) is 18.7 Å². The van der Waals surface area contributed by atoms with E-state index in [2.05, 4.69) is 18.4 Å². The molecule has 2 N–H and O–H groups in total. The van der Waals surface area contributed by atoms with Crippen molar-refractivity contribution in [2.45, 2.75) is 51.6 Å². The van der Waals surface area contributed by atoms with Gasteiger partial charge in [-0.05, 0) is 44.6 Å². The molecule has 0 aromatic carbocycles. The Morgan fingerprint density at radius 1 is 1.26 bits per heavy atom. The lowest BCUT2D eigenvalue weighted by Gasteiger charge is -2.37. The summed E-state index contributed by atoms with van der Waals surface area (Å²) in [7, 11) is 0. The summed E-state index contributed by atoms with van der Waals surface area (Å²) >= 11 is 0. The van der Waals surface area contributed by atoms with Crippen molar-refractivity contribution in [2.75, 3.05) is 12.3 Å². The lowest BCUT2D eigenvalue weighted by molar-refractivity contribution is 0.0563. The molecule has 19 heavy (non-hydrogen) atoms. The van der Waals surface area contributed by atoms with Crippen molar-refractivity contribution in [3.63, 3.8) is 0 Å². The Kier molecular flexibility index (Phi) is 3.03. The Morgan fingerprint density at radius 3 is 2.68 bits per heavy atom. The van der Waals surface area contributed by atoms with Gasteiger partial charge in [-0.15, -0.1) is 0 Å². The Balaban J connectivity index is 1.86. The summed E-state index contributed by atoms with van der Waals surface area (Å²) in [6, 6.07) is 2.67. The number of nitrogens with zero attached hydrogens (tertiary/aromatic N) is 2. The largest absolute Gasteiger partial charge is 0.397 e. The molecule has 2 fully saturated rings. The lowest BCUT2D eigenvalue weighted by Crippen LogP contribution is -2.45.